The number of nitrogens with zero attached hydrogens (tertiary/aromatic N) is 3. The van der Waals surface area contributed by atoms with Gasteiger partial charge < -0.3 is 5.32 Å². The minimum absolute atomic E-state index is 0.830. The summed E-state index contributed by atoms with van der Waals surface area (Å²) in [7, 11) is 0. The first-order valence-corrected chi connectivity index (χ1v) is 7.44. The Hall–Kier alpha value is -2.14. The molecule has 0 saturated heterocycles. The predicted octanol–water partition coefficient (Wildman–Crippen LogP) is 3.29. The maximum atomic E-state index is 4.46. The minimum Gasteiger partial charge on any atom is -0.355 e. The van der Waals surface area contributed by atoms with E-state index in [0.717, 1.165) is 35.3 Å². The van der Waals surface area contributed by atoms with E-state index in [1.54, 1.807) is 11.3 Å². The van der Waals surface area contributed by atoms with Gasteiger partial charge >= 0.3 is 0 Å². The Morgan fingerprint density at radius 1 is 1.25 bits per heavy atom. The zero-order chi connectivity index (χ0) is 13.8. The first-order valence-electron chi connectivity index (χ1n) is 6.56. The molecule has 0 aliphatic rings. The molecular weight excluding hydrogens is 268 g/mol. The third kappa shape index (κ3) is 2.88. The Morgan fingerprint density at radius 2 is 2.10 bits per heavy atom. The Labute approximate surface area is 122 Å². The molecule has 102 valence electrons. The summed E-state index contributed by atoms with van der Waals surface area (Å²) in [6, 6.07) is 10.2. The van der Waals surface area contributed by atoms with E-state index in [4.69, 9.17) is 0 Å². The molecule has 0 aliphatic heterocycles. The van der Waals surface area contributed by atoms with Gasteiger partial charge in [-0.05, 0) is 19.1 Å². The standard InChI is InChI=1S/C15H16N4S/c1-12-11-20-14(18-12)7-8-16-15-17-9-10-19(15)13-5-3-2-4-6-13/h2-6,9-11H,7-8H2,1H3,(H,16,17). The highest BCUT2D eigenvalue weighted by Crippen LogP contribution is 2.14. The molecule has 20 heavy (non-hydrogen) atoms. The van der Waals surface area contributed by atoms with Gasteiger partial charge in [0.25, 0.3) is 0 Å². The van der Waals surface area contributed by atoms with E-state index in [0.29, 0.717) is 0 Å². The van der Waals surface area contributed by atoms with Crippen molar-refractivity contribution < 1.29 is 0 Å². The van der Waals surface area contributed by atoms with Gasteiger partial charge in [-0.1, -0.05) is 18.2 Å². The van der Waals surface area contributed by atoms with Crippen LogP contribution in [0.1, 0.15) is 10.7 Å². The van der Waals surface area contributed by atoms with Gasteiger partial charge in [-0.25, -0.2) is 9.97 Å². The van der Waals surface area contributed by atoms with E-state index >= 15 is 0 Å². The lowest BCUT2D eigenvalue weighted by atomic mass is 10.3. The summed E-state index contributed by atoms with van der Waals surface area (Å²) in [4.78, 5) is 8.83. The van der Waals surface area contributed by atoms with Crippen LogP contribution >= 0.6 is 11.3 Å². The van der Waals surface area contributed by atoms with Crippen LogP contribution in [0.5, 0.6) is 0 Å². The van der Waals surface area contributed by atoms with Crippen molar-refractivity contribution in [2.45, 2.75) is 13.3 Å². The summed E-state index contributed by atoms with van der Waals surface area (Å²) in [5.74, 6) is 0.865. The van der Waals surface area contributed by atoms with E-state index in [9.17, 15) is 0 Å². The van der Waals surface area contributed by atoms with Crippen LogP contribution in [0.4, 0.5) is 5.95 Å². The van der Waals surface area contributed by atoms with Crippen molar-refractivity contribution in [3.05, 3.63) is 58.8 Å². The van der Waals surface area contributed by atoms with Gasteiger partial charge in [-0.15, -0.1) is 11.3 Å². The fraction of sp³-hybridized carbons (Fsp3) is 0.200. The monoisotopic (exact) mass is 284 g/mol. The number of aryl methyl sites for hydroxylation is 1. The minimum atomic E-state index is 0.830. The van der Waals surface area contributed by atoms with Crippen molar-refractivity contribution in [2.75, 3.05) is 11.9 Å². The van der Waals surface area contributed by atoms with E-state index in [1.165, 1.54) is 0 Å². The van der Waals surface area contributed by atoms with Crippen molar-refractivity contribution in [3.8, 4) is 5.69 Å². The Balaban J connectivity index is 1.65. The zero-order valence-electron chi connectivity index (χ0n) is 11.3. The van der Waals surface area contributed by atoms with Crippen LogP contribution in [-0.2, 0) is 6.42 Å². The van der Waals surface area contributed by atoms with Crippen LogP contribution in [0, 0.1) is 6.92 Å². The van der Waals surface area contributed by atoms with Crippen LogP contribution in [0.3, 0.4) is 0 Å². The van der Waals surface area contributed by atoms with Gasteiger partial charge in [-0.2, -0.15) is 0 Å². The Kier molecular flexibility index (Phi) is 3.78. The molecular formula is C15H16N4S. The summed E-state index contributed by atoms with van der Waals surface area (Å²) in [5, 5.41) is 6.61. The average molecular weight is 284 g/mol. The third-order valence-electron chi connectivity index (χ3n) is 2.96. The van der Waals surface area contributed by atoms with Crippen LogP contribution in [0.15, 0.2) is 48.1 Å². The number of benzene rings is 1. The molecule has 0 aliphatic carbocycles. The Morgan fingerprint density at radius 3 is 2.85 bits per heavy atom. The molecule has 4 nitrogen and oxygen atoms in total. The zero-order valence-corrected chi connectivity index (χ0v) is 12.1. The maximum Gasteiger partial charge on any atom is 0.207 e. The first kappa shape index (κ1) is 12.9. The predicted molar refractivity (Wildman–Crippen MR) is 82.6 cm³/mol. The van der Waals surface area contributed by atoms with Gasteiger partial charge in [0, 0.05) is 42.1 Å². The fourth-order valence-electron chi connectivity index (χ4n) is 2.03. The van der Waals surface area contributed by atoms with Gasteiger partial charge in [0.1, 0.15) is 0 Å². The molecule has 0 atom stereocenters. The molecule has 0 fully saturated rings. The number of thiazole rings is 1. The summed E-state index contributed by atoms with van der Waals surface area (Å²) in [5.41, 5.74) is 2.20. The number of aromatic nitrogens is 3. The molecule has 2 heterocycles. The first-order chi connectivity index (χ1) is 9.83. The molecule has 3 aromatic rings. The van der Waals surface area contributed by atoms with Crippen molar-refractivity contribution in [2.24, 2.45) is 0 Å². The van der Waals surface area contributed by atoms with Gasteiger partial charge in [0.05, 0.1) is 5.01 Å². The van der Waals surface area contributed by atoms with Crippen LogP contribution in [0.25, 0.3) is 5.69 Å². The number of rotatable bonds is 5. The lowest BCUT2D eigenvalue weighted by Gasteiger charge is -2.09. The SMILES string of the molecule is Cc1csc(CCNc2nccn2-c2ccccc2)n1. The van der Waals surface area contributed by atoms with E-state index in [2.05, 4.69) is 32.8 Å². The molecule has 0 spiro atoms. The van der Waals surface area contributed by atoms with Crippen molar-refractivity contribution in [3.63, 3.8) is 0 Å². The molecule has 0 saturated carbocycles. The second kappa shape index (κ2) is 5.88. The van der Waals surface area contributed by atoms with Crippen molar-refractivity contribution in [1.29, 1.82) is 0 Å². The van der Waals surface area contributed by atoms with Crippen LogP contribution in [-0.4, -0.2) is 21.1 Å². The van der Waals surface area contributed by atoms with Gasteiger partial charge in [0.2, 0.25) is 5.95 Å². The lowest BCUT2D eigenvalue weighted by Crippen LogP contribution is -2.09. The van der Waals surface area contributed by atoms with E-state index in [1.807, 2.05) is 42.1 Å². The van der Waals surface area contributed by atoms with Gasteiger partial charge in [-0.3, -0.25) is 4.57 Å². The third-order valence-corrected chi connectivity index (χ3v) is 3.99. The van der Waals surface area contributed by atoms with Gasteiger partial charge in [0.15, 0.2) is 0 Å². The fourth-order valence-corrected chi connectivity index (χ4v) is 2.81. The molecule has 0 amide bonds. The largest absolute Gasteiger partial charge is 0.355 e. The molecule has 0 unspecified atom stereocenters. The summed E-state index contributed by atoms with van der Waals surface area (Å²) in [6.45, 7) is 2.85. The smallest absolute Gasteiger partial charge is 0.207 e. The molecule has 2 aromatic heterocycles. The quantitative estimate of drug-likeness (QED) is 0.781. The second-order valence-electron chi connectivity index (χ2n) is 4.52. The summed E-state index contributed by atoms with van der Waals surface area (Å²) in [6.07, 6.45) is 4.69. The Bertz CT molecular complexity index is 672. The molecule has 3 rings (SSSR count). The molecule has 0 radical (unpaired) electrons. The lowest BCUT2D eigenvalue weighted by molar-refractivity contribution is 0.946. The topological polar surface area (TPSA) is 42.7 Å². The van der Waals surface area contributed by atoms with E-state index < -0.39 is 0 Å². The average Bonchev–Trinajstić information content (AvgIpc) is 3.09. The molecule has 5 heteroatoms. The highest BCUT2D eigenvalue weighted by molar-refractivity contribution is 7.09. The number of anilines is 1. The van der Waals surface area contributed by atoms with E-state index in [-0.39, 0.29) is 0 Å². The van der Waals surface area contributed by atoms with Crippen LogP contribution in [0.2, 0.25) is 0 Å². The maximum absolute atomic E-state index is 4.46. The summed E-state index contributed by atoms with van der Waals surface area (Å²) >= 11 is 1.71. The normalized spacial score (nSPS) is 10.7. The number of nitrogens with one attached hydrogen (secondary N) is 1. The molecule has 0 bridgehead atoms. The summed E-state index contributed by atoms with van der Waals surface area (Å²) < 4.78 is 2.05. The highest BCUT2D eigenvalue weighted by Gasteiger charge is 2.04. The van der Waals surface area contributed by atoms with Crippen LogP contribution < -0.4 is 5.32 Å². The number of imidazole rings is 1. The number of para-hydroxylation sites is 1. The van der Waals surface area contributed by atoms with Crippen molar-refractivity contribution in [1.82, 2.24) is 14.5 Å². The van der Waals surface area contributed by atoms with Crippen molar-refractivity contribution >= 4 is 17.3 Å². The number of hydrogen-bond acceptors (Lipinski definition) is 4. The highest BCUT2D eigenvalue weighted by atomic mass is 32.1. The molecule has 1 aromatic carbocycles. The molecule has 1 N–H and O–H groups in total. The second-order valence-corrected chi connectivity index (χ2v) is 5.46. The number of hydrogen-bond donors (Lipinski definition) is 1.